The molecule has 18 heavy (non-hydrogen) atoms. The molecule has 1 rings (SSSR count). The van der Waals surface area contributed by atoms with E-state index in [1.54, 1.807) is 0 Å². The Labute approximate surface area is 111 Å². The molecule has 102 valence electrons. The second-order valence-electron chi connectivity index (χ2n) is 5.06. The molecule has 0 aromatic heterocycles. The van der Waals surface area contributed by atoms with Crippen molar-refractivity contribution in [1.29, 1.82) is 0 Å². The van der Waals surface area contributed by atoms with Crippen LogP contribution in [-0.4, -0.2) is 13.2 Å². The number of hydrogen-bond acceptors (Lipinski definition) is 2. The molecular formula is C16H26O2. The first-order chi connectivity index (χ1) is 8.72. The largest absolute Gasteiger partial charge is 0.493 e. The highest BCUT2D eigenvalue weighted by Crippen LogP contribution is 2.20. The molecule has 1 aromatic carbocycles. The summed E-state index contributed by atoms with van der Waals surface area (Å²) in [7, 11) is 0. The minimum absolute atomic E-state index is 0.679. The van der Waals surface area contributed by atoms with Gasteiger partial charge in [-0.05, 0) is 30.9 Å². The van der Waals surface area contributed by atoms with Gasteiger partial charge in [0.15, 0.2) is 0 Å². The molecule has 2 nitrogen and oxygen atoms in total. The van der Waals surface area contributed by atoms with Gasteiger partial charge < -0.3 is 9.47 Å². The van der Waals surface area contributed by atoms with Crippen LogP contribution in [0.5, 0.6) is 11.5 Å². The van der Waals surface area contributed by atoms with Gasteiger partial charge in [0, 0.05) is 6.07 Å². The van der Waals surface area contributed by atoms with E-state index in [0.29, 0.717) is 5.92 Å². The van der Waals surface area contributed by atoms with Crippen LogP contribution in [0.3, 0.4) is 0 Å². The van der Waals surface area contributed by atoms with E-state index in [4.69, 9.17) is 9.47 Å². The van der Waals surface area contributed by atoms with E-state index in [1.807, 2.05) is 24.3 Å². The number of ether oxygens (including phenoxy) is 2. The van der Waals surface area contributed by atoms with Crippen molar-refractivity contribution in [2.75, 3.05) is 13.2 Å². The van der Waals surface area contributed by atoms with Crippen molar-refractivity contribution in [3.05, 3.63) is 24.3 Å². The van der Waals surface area contributed by atoms with Gasteiger partial charge >= 0.3 is 0 Å². The fourth-order valence-corrected chi connectivity index (χ4v) is 1.61. The van der Waals surface area contributed by atoms with Crippen LogP contribution in [0.15, 0.2) is 24.3 Å². The van der Waals surface area contributed by atoms with E-state index >= 15 is 0 Å². The van der Waals surface area contributed by atoms with Crippen LogP contribution in [0.25, 0.3) is 0 Å². The quantitative estimate of drug-likeness (QED) is 0.592. The van der Waals surface area contributed by atoms with Gasteiger partial charge in [-0.15, -0.1) is 0 Å². The van der Waals surface area contributed by atoms with Crippen LogP contribution in [0.1, 0.15) is 46.5 Å². The molecule has 0 spiro atoms. The summed E-state index contributed by atoms with van der Waals surface area (Å²) in [6.07, 6.45) is 4.66. The average Bonchev–Trinajstić information content (AvgIpc) is 2.35. The van der Waals surface area contributed by atoms with Crippen LogP contribution in [0, 0.1) is 5.92 Å². The molecule has 0 aliphatic carbocycles. The van der Waals surface area contributed by atoms with Crippen LogP contribution in [-0.2, 0) is 0 Å². The number of benzene rings is 1. The Bertz CT molecular complexity index is 321. The summed E-state index contributed by atoms with van der Waals surface area (Å²) in [5, 5.41) is 0. The maximum absolute atomic E-state index is 5.70. The molecule has 0 aliphatic rings. The summed E-state index contributed by atoms with van der Waals surface area (Å²) < 4.78 is 11.4. The fourth-order valence-electron chi connectivity index (χ4n) is 1.61. The third-order valence-corrected chi connectivity index (χ3v) is 2.79. The molecule has 2 heteroatoms. The highest BCUT2D eigenvalue weighted by molar-refractivity contribution is 5.32. The fraction of sp³-hybridized carbons (Fsp3) is 0.625. The van der Waals surface area contributed by atoms with Crippen molar-refractivity contribution in [3.8, 4) is 11.5 Å². The van der Waals surface area contributed by atoms with E-state index < -0.39 is 0 Å². The van der Waals surface area contributed by atoms with E-state index in [-0.39, 0.29) is 0 Å². The first-order valence-electron chi connectivity index (χ1n) is 7.08. The minimum atomic E-state index is 0.679. The molecule has 0 saturated carbocycles. The summed E-state index contributed by atoms with van der Waals surface area (Å²) in [5.41, 5.74) is 0. The van der Waals surface area contributed by atoms with E-state index in [0.717, 1.165) is 37.6 Å². The zero-order chi connectivity index (χ0) is 13.2. The van der Waals surface area contributed by atoms with Crippen molar-refractivity contribution in [1.82, 2.24) is 0 Å². The first kappa shape index (κ1) is 14.9. The van der Waals surface area contributed by atoms with Gasteiger partial charge in [-0.3, -0.25) is 0 Å². The summed E-state index contributed by atoms with van der Waals surface area (Å²) in [6, 6.07) is 7.94. The van der Waals surface area contributed by atoms with E-state index in [9.17, 15) is 0 Å². The third kappa shape index (κ3) is 6.53. The Morgan fingerprint density at radius 1 is 1.00 bits per heavy atom. The number of unbranched alkanes of at least 4 members (excludes halogenated alkanes) is 2. The number of hydrogen-bond donors (Lipinski definition) is 0. The summed E-state index contributed by atoms with van der Waals surface area (Å²) >= 11 is 0. The molecule has 0 aliphatic heterocycles. The molecule has 0 saturated heterocycles. The lowest BCUT2D eigenvalue weighted by Crippen LogP contribution is -2.02. The Morgan fingerprint density at radius 3 is 2.28 bits per heavy atom. The molecule has 1 aromatic rings. The van der Waals surface area contributed by atoms with Crippen molar-refractivity contribution >= 4 is 0 Å². The molecule has 0 amide bonds. The minimum Gasteiger partial charge on any atom is -0.493 e. The van der Waals surface area contributed by atoms with Crippen LogP contribution in [0.4, 0.5) is 0 Å². The summed E-state index contributed by atoms with van der Waals surface area (Å²) in [6.45, 7) is 8.18. The van der Waals surface area contributed by atoms with Gasteiger partial charge in [-0.2, -0.15) is 0 Å². The SMILES string of the molecule is CCCCCOc1cccc(OCCC(C)C)c1. The second-order valence-corrected chi connectivity index (χ2v) is 5.06. The van der Waals surface area contributed by atoms with Gasteiger partial charge in [-0.25, -0.2) is 0 Å². The molecule has 0 heterocycles. The highest BCUT2D eigenvalue weighted by Gasteiger charge is 1.99. The van der Waals surface area contributed by atoms with Gasteiger partial charge in [-0.1, -0.05) is 39.7 Å². The highest BCUT2D eigenvalue weighted by atomic mass is 16.5. The Kier molecular flexibility index (Phi) is 7.31. The number of rotatable bonds is 9. The van der Waals surface area contributed by atoms with Gasteiger partial charge in [0.1, 0.15) is 11.5 Å². The topological polar surface area (TPSA) is 18.5 Å². The molecule has 0 unspecified atom stereocenters. The van der Waals surface area contributed by atoms with Crippen LogP contribution < -0.4 is 9.47 Å². The van der Waals surface area contributed by atoms with Gasteiger partial charge in [0.2, 0.25) is 0 Å². The summed E-state index contributed by atoms with van der Waals surface area (Å²) in [4.78, 5) is 0. The van der Waals surface area contributed by atoms with Crippen molar-refractivity contribution in [3.63, 3.8) is 0 Å². The molecule has 0 radical (unpaired) electrons. The predicted molar refractivity (Wildman–Crippen MR) is 76.4 cm³/mol. The Morgan fingerprint density at radius 2 is 1.67 bits per heavy atom. The lowest BCUT2D eigenvalue weighted by molar-refractivity contribution is 0.281. The van der Waals surface area contributed by atoms with Crippen LogP contribution >= 0.6 is 0 Å². The maximum Gasteiger partial charge on any atom is 0.122 e. The molecular weight excluding hydrogens is 224 g/mol. The molecule has 0 bridgehead atoms. The molecule has 0 fully saturated rings. The van der Waals surface area contributed by atoms with Crippen LogP contribution in [0.2, 0.25) is 0 Å². The molecule has 0 N–H and O–H groups in total. The zero-order valence-electron chi connectivity index (χ0n) is 11.9. The maximum atomic E-state index is 5.70. The van der Waals surface area contributed by atoms with E-state index in [2.05, 4.69) is 20.8 Å². The van der Waals surface area contributed by atoms with Crippen molar-refractivity contribution < 1.29 is 9.47 Å². The second kappa shape index (κ2) is 8.84. The standard InChI is InChI=1S/C16H26O2/c1-4-5-6-11-17-15-8-7-9-16(13-15)18-12-10-14(2)3/h7-9,13-14H,4-6,10-12H2,1-3H3. The molecule has 0 atom stereocenters. The van der Waals surface area contributed by atoms with Gasteiger partial charge in [0.05, 0.1) is 13.2 Å². The van der Waals surface area contributed by atoms with Gasteiger partial charge in [0.25, 0.3) is 0 Å². The van der Waals surface area contributed by atoms with Crippen molar-refractivity contribution in [2.24, 2.45) is 5.92 Å². The lowest BCUT2D eigenvalue weighted by atomic mass is 10.1. The van der Waals surface area contributed by atoms with Crippen molar-refractivity contribution in [2.45, 2.75) is 46.5 Å². The third-order valence-electron chi connectivity index (χ3n) is 2.79. The Hall–Kier alpha value is -1.18. The smallest absolute Gasteiger partial charge is 0.122 e. The predicted octanol–water partition coefficient (Wildman–Crippen LogP) is 4.68. The normalized spacial score (nSPS) is 10.7. The Balaban J connectivity index is 2.32. The van der Waals surface area contributed by atoms with E-state index in [1.165, 1.54) is 12.8 Å². The monoisotopic (exact) mass is 250 g/mol. The summed E-state index contributed by atoms with van der Waals surface area (Å²) in [5.74, 6) is 2.50. The first-order valence-corrected chi connectivity index (χ1v) is 7.08. The average molecular weight is 250 g/mol. The zero-order valence-corrected chi connectivity index (χ0v) is 11.9. The lowest BCUT2D eigenvalue weighted by Gasteiger charge is -2.10.